The second-order valence-electron chi connectivity index (χ2n) is 7.51. The minimum Gasteiger partial charge on any atom is -0.239 e. The van der Waals surface area contributed by atoms with Gasteiger partial charge in [0.2, 0.25) is 24.3 Å². The van der Waals surface area contributed by atoms with E-state index in [1.165, 1.54) is 24.3 Å². The topological polar surface area (TPSA) is 93.5 Å². The van der Waals surface area contributed by atoms with Crippen molar-refractivity contribution >= 4 is 31.7 Å². The summed E-state index contributed by atoms with van der Waals surface area (Å²) in [6.07, 6.45) is 1.53. The zero-order valence-electron chi connectivity index (χ0n) is 18.1. The molecule has 0 fully saturated rings. The SMILES string of the molecule is O=S(=O)(c1ccccc1)C(C=Nc1cccc(Cc2ccccc2)n1)S(=O)(=O)c1ccccc1. The summed E-state index contributed by atoms with van der Waals surface area (Å²) in [5.74, 6) is 0.227. The number of hydrogen-bond acceptors (Lipinski definition) is 6. The molecule has 0 unspecified atom stereocenters. The maximum atomic E-state index is 13.4. The first-order valence-corrected chi connectivity index (χ1v) is 13.6. The summed E-state index contributed by atoms with van der Waals surface area (Å²) < 4.78 is 51.7. The molecule has 0 bridgehead atoms. The van der Waals surface area contributed by atoms with E-state index in [2.05, 4.69) is 9.98 Å². The Morgan fingerprint density at radius 2 is 1.15 bits per heavy atom. The lowest BCUT2D eigenvalue weighted by Gasteiger charge is -2.15. The molecule has 0 spiro atoms. The van der Waals surface area contributed by atoms with Crippen LogP contribution in [-0.2, 0) is 26.1 Å². The van der Waals surface area contributed by atoms with Gasteiger partial charge in [0.25, 0.3) is 0 Å². The normalized spacial score (nSPS) is 12.3. The van der Waals surface area contributed by atoms with Crippen molar-refractivity contribution in [3.05, 3.63) is 120 Å². The Morgan fingerprint density at radius 3 is 1.68 bits per heavy atom. The van der Waals surface area contributed by atoms with Gasteiger partial charge in [0.1, 0.15) is 0 Å². The Hall–Kier alpha value is -3.62. The molecule has 0 N–H and O–H groups in total. The van der Waals surface area contributed by atoms with Crippen molar-refractivity contribution < 1.29 is 16.8 Å². The Morgan fingerprint density at radius 1 is 0.647 bits per heavy atom. The summed E-state index contributed by atoms with van der Waals surface area (Å²) in [7, 11) is -8.60. The molecule has 0 radical (unpaired) electrons. The standard InChI is InChI=1S/C26H22N2O4S2/c29-33(30,23-14-6-2-7-15-23)26(34(31,32)24-16-8-3-9-17-24)20-27-25-18-10-13-22(28-25)19-21-11-4-1-5-12-21/h1-18,20,26H,19H2. The number of pyridine rings is 1. The van der Waals surface area contributed by atoms with Gasteiger partial charge in [0, 0.05) is 18.3 Å². The molecule has 8 heteroatoms. The highest BCUT2D eigenvalue weighted by molar-refractivity contribution is 8.10. The molecule has 0 aliphatic carbocycles. The van der Waals surface area contributed by atoms with Crippen LogP contribution in [0.15, 0.2) is 124 Å². The van der Waals surface area contributed by atoms with Gasteiger partial charge < -0.3 is 0 Å². The zero-order valence-corrected chi connectivity index (χ0v) is 19.7. The van der Waals surface area contributed by atoms with Crippen molar-refractivity contribution in [2.24, 2.45) is 4.99 Å². The summed E-state index contributed by atoms with van der Waals surface area (Å²) in [6.45, 7) is 0. The van der Waals surface area contributed by atoms with E-state index < -0.39 is 24.3 Å². The monoisotopic (exact) mass is 490 g/mol. The van der Waals surface area contributed by atoms with Gasteiger partial charge in [-0.05, 0) is 42.0 Å². The molecular weight excluding hydrogens is 468 g/mol. The zero-order chi connectivity index (χ0) is 24.0. The Labute approximate surface area is 199 Å². The lowest BCUT2D eigenvalue weighted by molar-refractivity contribution is 0.584. The molecular formula is C26H22N2O4S2. The van der Waals surface area contributed by atoms with Crippen LogP contribution in [0.4, 0.5) is 5.82 Å². The van der Waals surface area contributed by atoms with Gasteiger partial charge in [-0.1, -0.05) is 72.8 Å². The maximum absolute atomic E-state index is 13.4. The molecule has 1 aromatic heterocycles. The summed E-state index contributed by atoms with van der Waals surface area (Å²) >= 11 is 0. The first-order valence-electron chi connectivity index (χ1n) is 10.5. The van der Waals surface area contributed by atoms with Crippen LogP contribution in [-0.4, -0.2) is 32.6 Å². The fourth-order valence-corrected chi connectivity index (χ4v) is 7.45. The van der Waals surface area contributed by atoms with Gasteiger partial charge >= 0.3 is 0 Å². The molecule has 0 saturated heterocycles. The molecule has 3 aromatic carbocycles. The van der Waals surface area contributed by atoms with E-state index in [9.17, 15) is 16.8 Å². The van der Waals surface area contributed by atoms with Gasteiger partial charge in [-0.3, -0.25) is 0 Å². The predicted octanol–water partition coefficient (Wildman–Crippen LogP) is 4.65. The average Bonchev–Trinajstić information content (AvgIpc) is 2.86. The number of sulfone groups is 2. The van der Waals surface area contributed by atoms with Crippen LogP contribution in [0.1, 0.15) is 11.3 Å². The minimum absolute atomic E-state index is 0.100. The van der Waals surface area contributed by atoms with Crippen molar-refractivity contribution in [1.82, 2.24) is 4.98 Å². The Balaban J connectivity index is 1.73. The molecule has 0 atom stereocenters. The fraction of sp³-hybridized carbons (Fsp3) is 0.0769. The van der Waals surface area contributed by atoms with Crippen molar-refractivity contribution in [2.75, 3.05) is 0 Å². The largest absolute Gasteiger partial charge is 0.239 e. The van der Waals surface area contributed by atoms with Crippen molar-refractivity contribution in [1.29, 1.82) is 0 Å². The molecule has 172 valence electrons. The van der Waals surface area contributed by atoms with Gasteiger partial charge in [0.05, 0.1) is 9.79 Å². The summed E-state index contributed by atoms with van der Waals surface area (Å²) in [4.78, 5) is 8.46. The van der Waals surface area contributed by atoms with E-state index in [0.29, 0.717) is 6.42 Å². The van der Waals surface area contributed by atoms with E-state index in [1.54, 1.807) is 48.5 Å². The van der Waals surface area contributed by atoms with Crippen molar-refractivity contribution in [3.8, 4) is 0 Å². The van der Waals surface area contributed by atoms with E-state index in [4.69, 9.17) is 0 Å². The van der Waals surface area contributed by atoms with Crippen LogP contribution in [0.5, 0.6) is 0 Å². The van der Waals surface area contributed by atoms with Crippen LogP contribution in [0.2, 0.25) is 0 Å². The molecule has 0 saturated carbocycles. The molecule has 34 heavy (non-hydrogen) atoms. The highest BCUT2D eigenvalue weighted by Crippen LogP contribution is 2.25. The van der Waals surface area contributed by atoms with Gasteiger partial charge in [-0.15, -0.1) is 0 Å². The molecule has 6 nitrogen and oxygen atoms in total. The molecule has 4 aromatic rings. The van der Waals surface area contributed by atoms with E-state index in [1.807, 2.05) is 36.4 Å². The summed E-state index contributed by atoms with van der Waals surface area (Å²) in [5.41, 5.74) is 1.79. The highest BCUT2D eigenvalue weighted by atomic mass is 32.3. The van der Waals surface area contributed by atoms with Crippen LogP contribution >= 0.6 is 0 Å². The van der Waals surface area contributed by atoms with Gasteiger partial charge in [-0.2, -0.15) is 0 Å². The minimum atomic E-state index is -4.30. The molecule has 0 amide bonds. The predicted molar refractivity (Wildman–Crippen MR) is 133 cm³/mol. The first kappa shape index (κ1) is 23.5. The van der Waals surface area contributed by atoms with E-state index >= 15 is 0 Å². The van der Waals surface area contributed by atoms with Crippen LogP contribution in [0.3, 0.4) is 0 Å². The number of aliphatic imine (C=N–C) groups is 1. The highest BCUT2D eigenvalue weighted by Gasteiger charge is 2.38. The van der Waals surface area contributed by atoms with Crippen molar-refractivity contribution in [3.63, 3.8) is 0 Å². The third-order valence-electron chi connectivity index (χ3n) is 5.10. The van der Waals surface area contributed by atoms with Crippen molar-refractivity contribution in [2.45, 2.75) is 20.8 Å². The van der Waals surface area contributed by atoms with E-state index in [0.717, 1.165) is 17.5 Å². The van der Waals surface area contributed by atoms with Crippen LogP contribution in [0, 0.1) is 0 Å². The number of nitrogens with zero attached hydrogens (tertiary/aromatic N) is 2. The third-order valence-corrected chi connectivity index (χ3v) is 9.95. The number of rotatable bonds is 8. The number of aromatic nitrogens is 1. The molecule has 0 aliphatic rings. The van der Waals surface area contributed by atoms with Gasteiger partial charge in [0.15, 0.2) is 5.82 Å². The Bertz CT molecular complexity index is 1420. The smallest absolute Gasteiger partial charge is 0.206 e. The molecule has 4 rings (SSSR count). The molecule has 1 heterocycles. The first-order chi connectivity index (χ1) is 16.4. The Kier molecular flexibility index (Phi) is 7.00. The van der Waals surface area contributed by atoms with Gasteiger partial charge in [-0.25, -0.2) is 26.8 Å². The fourth-order valence-electron chi connectivity index (χ4n) is 3.40. The molecule has 0 aliphatic heterocycles. The maximum Gasteiger partial charge on any atom is 0.206 e. The third kappa shape index (κ3) is 5.30. The second-order valence-corrected chi connectivity index (χ2v) is 11.9. The summed E-state index contributed by atoms with van der Waals surface area (Å²) in [5, 5.41) is 0. The summed E-state index contributed by atoms with van der Waals surface area (Å²) in [6, 6.07) is 29.9. The lowest BCUT2D eigenvalue weighted by Crippen LogP contribution is -2.32. The second kappa shape index (κ2) is 10.1. The van der Waals surface area contributed by atoms with E-state index in [-0.39, 0.29) is 15.6 Å². The lowest BCUT2D eigenvalue weighted by atomic mass is 10.1. The number of hydrogen-bond donors (Lipinski definition) is 0. The van der Waals surface area contributed by atoms with Crippen LogP contribution < -0.4 is 0 Å². The number of benzene rings is 3. The van der Waals surface area contributed by atoms with Crippen LogP contribution in [0.25, 0.3) is 0 Å². The quantitative estimate of drug-likeness (QED) is 0.335. The average molecular weight is 491 g/mol.